The first-order chi connectivity index (χ1) is 13.1. The molecule has 0 aliphatic carbocycles. The zero-order valence-electron chi connectivity index (χ0n) is 15.3. The molecule has 0 saturated carbocycles. The monoisotopic (exact) mass is 408 g/mol. The first-order valence-corrected chi connectivity index (χ1v) is 11.5. The number of nitrogens with zero attached hydrogens (tertiary/aromatic N) is 2. The lowest BCUT2D eigenvalue weighted by Crippen LogP contribution is -2.27. The van der Waals surface area contributed by atoms with Crippen molar-refractivity contribution in [3.05, 3.63) is 42.6 Å². The quantitative estimate of drug-likeness (QED) is 0.468. The molecule has 0 N–H and O–H groups in total. The fourth-order valence-electron chi connectivity index (χ4n) is 2.79. The van der Waals surface area contributed by atoms with Crippen molar-refractivity contribution in [3.63, 3.8) is 0 Å². The van der Waals surface area contributed by atoms with Gasteiger partial charge in [0.05, 0.1) is 18.2 Å². The van der Waals surface area contributed by atoms with Crippen LogP contribution in [0.3, 0.4) is 0 Å². The number of hydrogen-bond acceptors (Lipinski definition) is 6. The lowest BCUT2D eigenvalue weighted by atomic mass is 10.3. The van der Waals surface area contributed by atoms with Gasteiger partial charge in [-0.15, -0.1) is 11.8 Å². The molecule has 1 fully saturated rings. The maximum atomic E-state index is 12.5. The summed E-state index contributed by atoms with van der Waals surface area (Å²) in [4.78, 5) is 4.54. The van der Waals surface area contributed by atoms with Gasteiger partial charge in [0.1, 0.15) is 16.4 Å². The zero-order valence-corrected chi connectivity index (χ0v) is 17.0. The van der Waals surface area contributed by atoms with Crippen molar-refractivity contribution >= 4 is 21.8 Å². The van der Waals surface area contributed by atoms with Gasteiger partial charge in [0.15, 0.2) is 0 Å². The Kier molecular flexibility index (Phi) is 6.98. The van der Waals surface area contributed by atoms with E-state index >= 15 is 0 Å². The van der Waals surface area contributed by atoms with Crippen LogP contribution in [0.15, 0.2) is 52.5 Å². The summed E-state index contributed by atoms with van der Waals surface area (Å²) < 4.78 is 37.6. The van der Waals surface area contributed by atoms with Gasteiger partial charge in [0.2, 0.25) is 10.0 Å². The number of aromatic nitrogens is 1. The SMILES string of the molecule is CCOc1ccc(OCCSc2ccc(S(=O)(=O)N3CCCC3)cn2)cc1. The number of thioether (sulfide) groups is 1. The molecule has 2 aromatic rings. The molecule has 1 aromatic carbocycles. The van der Waals surface area contributed by atoms with E-state index in [1.165, 1.54) is 22.3 Å². The Morgan fingerprint density at radius 3 is 2.30 bits per heavy atom. The average Bonchev–Trinajstić information content (AvgIpc) is 3.23. The van der Waals surface area contributed by atoms with E-state index < -0.39 is 10.0 Å². The van der Waals surface area contributed by atoms with Crippen LogP contribution in [0.25, 0.3) is 0 Å². The van der Waals surface area contributed by atoms with Gasteiger partial charge in [-0.25, -0.2) is 13.4 Å². The second kappa shape index (κ2) is 9.43. The Morgan fingerprint density at radius 1 is 1.04 bits per heavy atom. The highest BCUT2D eigenvalue weighted by Crippen LogP contribution is 2.23. The standard InChI is InChI=1S/C19H24N2O4S2/c1-2-24-16-5-7-17(8-6-16)25-13-14-26-19-10-9-18(15-20-19)27(22,23)21-11-3-4-12-21/h5-10,15H,2-4,11-14H2,1H3. The molecule has 0 spiro atoms. The molecule has 1 saturated heterocycles. The molecule has 6 nitrogen and oxygen atoms in total. The summed E-state index contributed by atoms with van der Waals surface area (Å²) in [5.74, 6) is 2.34. The van der Waals surface area contributed by atoms with E-state index in [2.05, 4.69) is 4.98 Å². The number of sulfonamides is 1. The van der Waals surface area contributed by atoms with Gasteiger partial charge in [-0.1, -0.05) is 0 Å². The smallest absolute Gasteiger partial charge is 0.244 e. The highest BCUT2D eigenvalue weighted by Gasteiger charge is 2.27. The molecule has 0 bridgehead atoms. The molecule has 1 aliphatic heterocycles. The van der Waals surface area contributed by atoms with E-state index in [0.717, 1.165) is 35.1 Å². The molecular formula is C19H24N2O4S2. The molecule has 0 atom stereocenters. The number of ether oxygens (including phenoxy) is 2. The maximum absolute atomic E-state index is 12.5. The van der Waals surface area contributed by atoms with Gasteiger partial charge in [-0.2, -0.15) is 4.31 Å². The molecular weight excluding hydrogens is 384 g/mol. The molecule has 0 unspecified atom stereocenters. The van der Waals surface area contributed by atoms with E-state index in [4.69, 9.17) is 9.47 Å². The first kappa shape index (κ1) is 20.0. The fraction of sp³-hybridized carbons (Fsp3) is 0.421. The molecule has 146 valence electrons. The summed E-state index contributed by atoms with van der Waals surface area (Å²) in [7, 11) is -3.40. The van der Waals surface area contributed by atoms with Crippen LogP contribution in [0.2, 0.25) is 0 Å². The third kappa shape index (κ3) is 5.37. The molecule has 27 heavy (non-hydrogen) atoms. The van der Waals surface area contributed by atoms with Gasteiger partial charge < -0.3 is 9.47 Å². The normalized spacial score (nSPS) is 15.0. The predicted molar refractivity (Wildman–Crippen MR) is 106 cm³/mol. The highest BCUT2D eigenvalue weighted by atomic mass is 32.2. The molecule has 2 heterocycles. The number of rotatable bonds is 9. The summed E-state index contributed by atoms with van der Waals surface area (Å²) in [5.41, 5.74) is 0. The summed E-state index contributed by atoms with van der Waals surface area (Å²) in [6, 6.07) is 10.9. The number of benzene rings is 1. The Hall–Kier alpha value is -1.77. The lowest BCUT2D eigenvalue weighted by Gasteiger charge is -2.15. The summed E-state index contributed by atoms with van der Waals surface area (Å²) in [5, 5.41) is 0.783. The molecule has 8 heteroatoms. The van der Waals surface area contributed by atoms with Crippen molar-refractivity contribution in [2.45, 2.75) is 29.7 Å². The van der Waals surface area contributed by atoms with E-state index in [9.17, 15) is 8.42 Å². The highest BCUT2D eigenvalue weighted by molar-refractivity contribution is 7.99. The van der Waals surface area contributed by atoms with Crippen LogP contribution in [-0.4, -0.2) is 49.8 Å². The van der Waals surface area contributed by atoms with Crippen molar-refractivity contribution < 1.29 is 17.9 Å². The molecule has 3 rings (SSSR count). The molecule has 0 amide bonds. The van der Waals surface area contributed by atoms with Crippen LogP contribution >= 0.6 is 11.8 Å². The van der Waals surface area contributed by atoms with Crippen LogP contribution < -0.4 is 9.47 Å². The molecule has 1 aromatic heterocycles. The summed E-state index contributed by atoms with van der Waals surface area (Å²) in [6.07, 6.45) is 3.30. The Labute approximate surface area is 164 Å². The van der Waals surface area contributed by atoms with Gasteiger partial charge in [-0.3, -0.25) is 0 Å². The van der Waals surface area contributed by atoms with Crippen LogP contribution in [0.4, 0.5) is 0 Å². The van der Waals surface area contributed by atoms with Crippen molar-refractivity contribution in [3.8, 4) is 11.5 Å². The largest absolute Gasteiger partial charge is 0.494 e. The van der Waals surface area contributed by atoms with Crippen LogP contribution in [0.5, 0.6) is 11.5 Å². The van der Waals surface area contributed by atoms with E-state index in [-0.39, 0.29) is 4.90 Å². The maximum Gasteiger partial charge on any atom is 0.244 e. The van der Waals surface area contributed by atoms with E-state index in [0.29, 0.717) is 26.3 Å². The third-order valence-corrected chi connectivity index (χ3v) is 6.94. The minimum absolute atomic E-state index is 0.263. The fourth-order valence-corrected chi connectivity index (χ4v) is 4.92. The van der Waals surface area contributed by atoms with Crippen molar-refractivity contribution in [2.75, 3.05) is 32.1 Å². The van der Waals surface area contributed by atoms with Gasteiger partial charge in [0, 0.05) is 25.0 Å². The Bertz CT molecular complexity index is 818. The number of pyridine rings is 1. The van der Waals surface area contributed by atoms with Crippen molar-refractivity contribution in [2.24, 2.45) is 0 Å². The predicted octanol–water partition coefficient (Wildman–Crippen LogP) is 3.44. The van der Waals surface area contributed by atoms with E-state index in [1.807, 2.05) is 31.2 Å². The van der Waals surface area contributed by atoms with Crippen LogP contribution in [0.1, 0.15) is 19.8 Å². The minimum Gasteiger partial charge on any atom is -0.494 e. The van der Waals surface area contributed by atoms with E-state index in [1.54, 1.807) is 12.1 Å². The summed E-state index contributed by atoms with van der Waals surface area (Å²) in [6.45, 7) is 4.32. The number of hydrogen-bond donors (Lipinski definition) is 0. The zero-order chi connectivity index (χ0) is 19.1. The second-order valence-corrected chi connectivity index (χ2v) is 9.10. The van der Waals surface area contributed by atoms with Crippen LogP contribution in [0, 0.1) is 0 Å². The van der Waals surface area contributed by atoms with Crippen molar-refractivity contribution in [1.82, 2.24) is 9.29 Å². The van der Waals surface area contributed by atoms with Gasteiger partial charge >= 0.3 is 0 Å². The average molecular weight is 409 g/mol. The van der Waals surface area contributed by atoms with Gasteiger partial charge in [0.25, 0.3) is 0 Å². The van der Waals surface area contributed by atoms with Crippen molar-refractivity contribution in [1.29, 1.82) is 0 Å². The molecule has 1 aliphatic rings. The first-order valence-electron chi connectivity index (χ1n) is 9.04. The Morgan fingerprint density at radius 2 is 1.70 bits per heavy atom. The topological polar surface area (TPSA) is 68.7 Å². The summed E-state index contributed by atoms with van der Waals surface area (Å²) >= 11 is 1.53. The third-order valence-electron chi connectivity index (χ3n) is 4.15. The Balaban J connectivity index is 1.46. The minimum atomic E-state index is -3.40. The second-order valence-electron chi connectivity index (χ2n) is 6.04. The molecule has 0 radical (unpaired) electrons. The van der Waals surface area contributed by atoms with Crippen LogP contribution in [-0.2, 0) is 10.0 Å². The lowest BCUT2D eigenvalue weighted by molar-refractivity contribution is 0.332. The van der Waals surface area contributed by atoms with Gasteiger partial charge in [-0.05, 0) is 56.2 Å².